The highest BCUT2D eigenvalue weighted by molar-refractivity contribution is 5.86. The molecule has 1 N–H and O–H groups in total. The van der Waals surface area contributed by atoms with Crippen molar-refractivity contribution in [1.29, 1.82) is 0 Å². The molecule has 2 heterocycles. The van der Waals surface area contributed by atoms with E-state index in [2.05, 4.69) is 66.4 Å². The summed E-state index contributed by atoms with van der Waals surface area (Å²) >= 11 is 0. The zero-order chi connectivity index (χ0) is 12.7. The lowest BCUT2D eigenvalue weighted by Gasteiger charge is -2.25. The van der Waals surface area contributed by atoms with Gasteiger partial charge in [0.1, 0.15) is 0 Å². The molecule has 0 saturated carbocycles. The molecular formula is C15H23Cl2N3. The van der Waals surface area contributed by atoms with Gasteiger partial charge in [-0.05, 0) is 25.7 Å². The summed E-state index contributed by atoms with van der Waals surface area (Å²) in [6.07, 6.45) is 2.30. The normalized spacial score (nSPS) is 21.8. The van der Waals surface area contributed by atoms with Crippen molar-refractivity contribution in [3.05, 3.63) is 36.0 Å². The molecule has 0 spiro atoms. The molecule has 112 valence electrons. The van der Waals surface area contributed by atoms with Gasteiger partial charge in [-0.15, -0.1) is 24.8 Å². The van der Waals surface area contributed by atoms with Gasteiger partial charge in [-0.25, -0.2) is 0 Å². The molecule has 1 aliphatic rings. The smallest absolute Gasteiger partial charge is 0.0480 e. The largest absolute Gasteiger partial charge is 0.350 e. The van der Waals surface area contributed by atoms with Gasteiger partial charge >= 0.3 is 0 Å². The third-order valence-corrected chi connectivity index (χ3v) is 4.17. The Morgan fingerprint density at radius 1 is 1.15 bits per heavy atom. The van der Waals surface area contributed by atoms with Gasteiger partial charge in [-0.3, -0.25) is 0 Å². The van der Waals surface area contributed by atoms with Crippen LogP contribution in [-0.2, 0) is 7.05 Å². The van der Waals surface area contributed by atoms with Crippen molar-refractivity contribution in [2.45, 2.75) is 12.0 Å². The quantitative estimate of drug-likeness (QED) is 0.919. The van der Waals surface area contributed by atoms with Crippen LogP contribution in [0.15, 0.2) is 30.5 Å². The fourth-order valence-corrected chi connectivity index (χ4v) is 3.19. The van der Waals surface area contributed by atoms with E-state index in [1.165, 1.54) is 16.5 Å². The van der Waals surface area contributed by atoms with E-state index in [-0.39, 0.29) is 24.8 Å². The van der Waals surface area contributed by atoms with Crippen molar-refractivity contribution in [2.24, 2.45) is 7.05 Å². The highest BCUT2D eigenvalue weighted by Crippen LogP contribution is 2.32. The first kappa shape index (κ1) is 17.3. The summed E-state index contributed by atoms with van der Waals surface area (Å²) in [6, 6.07) is 9.29. The number of nitrogens with zero attached hydrogens (tertiary/aromatic N) is 2. The van der Waals surface area contributed by atoms with Gasteiger partial charge < -0.3 is 14.8 Å². The van der Waals surface area contributed by atoms with Crippen LogP contribution in [0.2, 0.25) is 0 Å². The Labute approximate surface area is 133 Å². The number of para-hydroxylation sites is 1. The van der Waals surface area contributed by atoms with Crippen LogP contribution >= 0.6 is 24.8 Å². The van der Waals surface area contributed by atoms with Gasteiger partial charge in [0.05, 0.1) is 0 Å². The van der Waals surface area contributed by atoms with Crippen LogP contribution < -0.4 is 5.32 Å². The average Bonchev–Trinajstić information content (AvgIpc) is 2.95. The van der Waals surface area contributed by atoms with E-state index < -0.39 is 0 Å². The molecule has 1 saturated heterocycles. The molecule has 2 aromatic rings. The predicted molar refractivity (Wildman–Crippen MR) is 90.5 cm³/mol. The molecule has 3 rings (SSSR count). The number of hydrogen-bond donors (Lipinski definition) is 1. The second-order valence-electron chi connectivity index (χ2n) is 5.51. The summed E-state index contributed by atoms with van der Waals surface area (Å²) in [5.74, 6) is 0.589. The minimum atomic E-state index is 0. The van der Waals surface area contributed by atoms with E-state index >= 15 is 0 Å². The Balaban J connectivity index is 0.000001000. The number of rotatable bonds is 2. The van der Waals surface area contributed by atoms with Crippen LogP contribution in [0.25, 0.3) is 10.9 Å². The standard InChI is InChI=1S/C15H21N3.2ClH/c1-17(2)15-9-16-8-12(15)13-10-18(3)14-7-5-4-6-11(13)14;;/h4-7,10,12,15-16H,8-9H2,1-3H3;2*1H/t12-,15+;;/m1../s1. The van der Waals surface area contributed by atoms with Crippen LogP contribution in [0.4, 0.5) is 0 Å². The molecule has 1 fully saturated rings. The first-order valence-corrected chi connectivity index (χ1v) is 6.59. The molecular weight excluding hydrogens is 293 g/mol. The fourth-order valence-electron chi connectivity index (χ4n) is 3.19. The monoisotopic (exact) mass is 315 g/mol. The lowest BCUT2D eigenvalue weighted by atomic mass is 9.93. The predicted octanol–water partition coefficient (Wildman–Crippen LogP) is 2.64. The summed E-state index contributed by atoms with van der Waals surface area (Å²) < 4.78 is 2.25. The molecule has 1 aromatic heterocycles. The summed E-state index contributed by atoms with van der Waals surface area (Å²) in [7, 11) is 6.49. The van der Waals surface area contributed by atoms with Gasteiger partial charge in [-0.2, -0.15) is 0 Å². The summed E-state index contributed by atoms with van der Waals surface area (Å²) in [5, 5.41) is 4.93. The van der Waals surface area contributed by atoms with Gasteiger partial charge in [0.15, 0.2) is 0 Å². The number of benzene rings is 1. The van der Waals surface area contributed by atoms with E-state index in [1.54, 1.807) is 0 Å². The van der Waals surface area contributed by atoms with Crippen LogP contribution in [0.3, 0.4) is 0 Å². The Hall–Kier alpha value is -0.740. The number of halogens is 2. The Morgan fingerprint density at radius 2 is 1.85 bits per heavy atom. The second kappa shape index (κ2) is 6.81. The fraction of sp³-hybridized carbons (Fsp3) is 0.467. The SMILES string of the molecule is CN(C)[C@H]1CNC[C@@H]1c1cn(C)c2ccccc12.Cl.Cl. The van der Waals surface area contributed by atoms with Gasteiger partial charge in [0.2, 0.25) is 0 Å². The molecule has 5 heteroatoms. The lowest BCUT2D eigenvalue weighted by molar-refractivity contribution is 0.292. The van der Waals surface area contributed by atoms with Gasteiger partial charge in [-0.1, -0.05) is 18.2 Å². The number of aryl methyl sites for hydroxylation is 1. The summed E-state index contributed by atoms with van der Waals surface area (Å²) in [4.78, 5) is 2.34. The third-order valence-electron chi connectivity index (χ3n) is 4.17. The zero-order valence-electron chi connectivity index (χ0n) is 12.2. The number of likely N-dealkylation sites (N-methyl/N-ethyl adjacent to an activating group) is 1. The van der Waals surface area contributed by atoms with Crippen molar-refractivity contribution in [1.82, 2.24) is 14.8 Å². The molecule has 1 aliphatic heterocycles. The third kappa shape index (κ3) is 2.82. The van der Waals surface area contributed by atoms with Crippen molar-refractivity contribution >= 4 is 35.7 Å². The molecule has 0 amide bonds. The van der Waals surface area contributed by atoms with Crippen LogP contribution in [0.5, 0.6) is 0 Å². The maximum absolute atomic E-state index is 3.53. The Morgan fingerprint density at radius 3 is 2.55 bits per heavy atom. The van der Waals surface area contributed by atoms with Crippen molar-refractivity contribution in [3.8, 4) is 0 Å². The van der Waals surface area contributed by atoms with Crippen molar-refractivity contribution in [3.63, 3.8) is 0 Å². The van der Waals surface area contributed by atoms with E-state index in [0.29, 0.717) is 12.0 Å². The number of aromatic nitrogens is 1. The molecule has 2 atom stereocenters. The minimum absolute atomic E-state index is 0. The summed E-state index contributed by atoms with van der Waals surface area (Å²) in [5.41, 5.74) is 2.81. The lowest BCUT2D eigenvalue weighted by Crippen LogP contribution is -2.33. The number of nitrogens with one attached hydrogen (secondary N) is 1. The molecule has 0 radical (unpaired) electrons. The van der Waals surface area contributed by atoms with Crippen LogP contribution in [0.1, 0.15) is 11.5 Å². The zero-order valence-corrected chi connectivity index (χ0v) is 13.8. The van der Waals surface area contributed by atoms with E-state index in [4.69, 9.17) is 0 Å². The second-order valence-corrected chi connectivity index (χ2v) is 5.51. The summed E-state index contributed by atoms with van der Waals surface area (Å²) in [6.45, 7) is 2.16. The molecule has 3 nitrogen and oxygen atoms in total. The maximum Gasteiger partial charge on any atom is 0.0480 e. The first-order valence-electron chi connectivity index (χ1n) is 6.59. The minimum Gasteiger partial charge on any atom is -0.350 e. The number of hydrogen-bond acceptors (Lipinski definition) is 2. The maximum atomic E-state index is 3.53. The molecule has 0 bridgehead atoms. The molecule has 1 aromatic carbocycles. The van der Waals surface area contributed by atoms with E-state index in [0.717, 1.165) is 13.1 Å². The van der Waals surface area contributed by atoms with Crippen molar-refractivity contribution < 1.29 is 0 Å². The number of fused-ring (bicyclic) bond motifs is 1. The highest BCUT2D eigenvalue weighted by Gasteiger charge is 2.31. The van der Waals surface area contributed by atoms with E-state index in [9.17, 15) is 0 Å². The highest BCUT2D eigenvalue weighted by atomic mass is 35.5. The van der Waals surface area contributed by atoms with E-state index in [1.807, 2.05) is 0 Å². The van der Waals surface area contributed by atoms with Crippen LogP contribution in [-0.4, -0.2) is 42.7 Å². The average molecular weight is 316 g/mol. The van der Waals surface area contributed by atoms with Crippen LogP contribution in [0, 0.1) is 0 Å². The topological polar surface area (TPSA) is 20.2 Å². The Kier molecular flexibility index (Phi) is 5.90. The molecule has 0 aliphatic carbocycles. The Bertz CT molecular complexity index is 565. The van der Waals surface area contributed by atoms with Gasteiger partial charge in [0.25, 0.3) is 0 Å². The molecule has 20 heavy (non-hydrogen) atoms. The van der Waals surface area contributed by atoms with Gasteiger partial charge in [0, 0.05) is 49.2 Å². The van der Waals surface area contributed by atoms with Crippen molar-refractivity contribution in [2.75, 3.05) is 27.2 Å². The molecule has 0 unspecified atom stereocenters. The first-order chi connectivity index (χ1) is 8.68.